The van der Waals surface area contributed by atoms with Crippen LogP contribution in [-0.4, -0.2) is 35.1 Å². The van der Waals surface area contributed by atoms with E-state index in [0.29, 0.717) is 17.4 Å². The van der Waals surface area contributed by atoms with E-state index in [2.05, 4.69) is 44.3 Å². The molecule has 3 heterocycles. The van der Waals surface area contributed by atoms with Crippen LogP contribution in [0.1, 0.15) is 25.6 Å². The molecule has 0 aliphatic rings. The lowest BCUT2D eigenvalue weighted by Gasteiger charge is -2.04. The molecule has 0 amide bonds. The van der Waals surface area contributed by atoms with Gasteiger partial charge in [0.15, 0.2) is 0 Å². The number of hydrogen-bond acceptors (Lipinski definition) is 7. The largest absolute Gasteiger partial charge is 0.332 e. The minimum atomic E-state index is 0.247. The molecule has 0 atom stereocenters. The third-order valence-electron chi connectivity index (χ3n) is 3.73. The van der Waals surface area contributed by atoms with E-state index in [-0.39, 0.29) is 6.04 Å². The second-order valence-electron chi connectivity index (χ2n) is 5.74. The van der Waals surface area contributed by atoms with Gasteiger partial charge in [-0.2, -0.15) is 4.98 Å². The topological polar surface area (TPSA) is 95.4 Å². The molecule has 3 aromatic heterocycles. The summed E-state index contributed by atoms with van der Waals surface area (Å²) in [7, 11) is 0. The van der Waals surface area contributed by atoms with Crippen LogP contribution in [0.2, 0.25) is 0 Å². The van der Waals surface area contributed by atoms with Crippen LogP contribution >= 0.6 is 0 Å². The van der Waals surface area contributed by atoms with Gasteiger partial charge in [0.2, 0.25) is 5.82 Å². The summed E-state index contributed by atoms with van der Waals surface area (Å²) in [5.41, 5.74) is 3.91. The molecule has 0 unspecified atom stereocenters. The molecular formula is C16H15N7O. The van der Waals surface area contributed by atoms with Crippen molar-refractivity contribution in [2.75, 3.05) is 0 Å². The second-order valence-corrected chi connectivity index (χ2v) is 5.74. The highest BCUT2D eigenvalue weighted by Gasteiger charge is 2.15. The quantitative estimate of drug-likeness (QED) is 0.572. The van der Waals surface area contributed by atoms with Gasteiger partial charge in [-0.1, -0.05) is 10.4 Å². The predicted octanol–water partition coefficient (Wildman–Crippen LogP) is 2.83. The Labute approximate surface area is 137 Å². The van der Waals surface area contributed by atoms with E-state index in [0.717, 1.165) is 22.3 Å². The average molecular weight is 321 g/mol. The smallest absolute Gasteiger partial charge is 0.278 e. The van der Waals surface area contributed by atoms with Gasteiger partial charge in [0.05, 0.1) is 11.2 Å². The Morgan fingerprint density at radius 2 is 1.96 bits per heavy atom. The van der Waals surface area contributed by atoms with Gasteiger partial charge in [0.1, 0.15) is 11.2 Å². The van der Waals surface area contributed by atoms with Gasteiger partial charge in [-0.05, 0) is 39.0 Å². The van der Waals surface area contributed by atoms with Crippen molar-refractivity contribution in [1.29, 1.82) is 0 Å². The fraction of sp³-hybridized carbons (Fsp3) is 0.250. The molecule has 0 aliphatic carbocycles. The Hall–Kier alpha value is -3.16. The van der Waals surface area contributed by atoms with Crippen molar-refractivity contribution < 1.29 is 4.52 Å². The minimum absolute atomic E-state index is 0.247. The number of fused-ring (bicyclic) bond motifs is 1. The predicted molar refractivity (Wildman–Crippen MR) is 87.0 cm³/mol. The zero-order valence-electron chi connectivity index (χ0n) is 13.5. The third-order valence-corrected chi connectivity index (χ3v) is 3.73. The fourth-order valence-electron chi connectivity index (χ4n) is 2.52. The molecule has 1 aromatic carbocycles. The van der Waals surface area contributed by atoms with Crippen molar-refractivity contribution in [1.82, 2.24) is 35.1 Å². The van der Waals surface area contributed by atoms with Crippen LogP contribution in [0.4, 0.5) is 0 Å². The highest BCUT2D eigenvalue weighted by molar-refractivity contribution is 5.80. The molecule has 0 saturated heterocycles. The maximum Gasteiger partial charge on any atom is 0.278 e. The van der Waals surface area contributed by atoms with Crippen LogP contribution < -0.4 is 0 Å². The highest BCUT2D eigenvalue weighted by atomic mass is 16.5. The zero-order chi connectivity index (χ0) is 16.7. The first-order chi connectivity index (χ1) is 11.6. The van der Waals surface area contributed by atoms with Crippen molar-refractivity contribution in [3.8, 4) is 23.0 Å². The standard InChI is InChI=1S/C16H15N7O/c1-9(2)23-13-5-4-11(8-12(13)20-22-23)15-19-16(24-21-15)14-10(3)17-6-7-18-14/h4-9H,1-3H3. The number of aryl methyl sites for hydroxylation is 1. The molecule has 0 bridgehead atoms. The van der Waals surface area contributed by atoms with Crippen LogP contribution in [0.25, 0.3) is 34.0 Å². The van der Waals surface area contributed by atoms with Gasteiger partial charge < -0.3 is 4.52 Å². The molecule has 0 radical (unpaired) electrons. The van der Waals surface area contributed by atoms with Crippen LogP contribution in [0.5, 0.6) is 0 Å². The summed E-state index contributed by atoms with van der Waals surface area (Å²) in [5.74, 6) is 0.831. The Morgan fingerprint density at radius 1 is 1.12 bits per heavy atom. The molecule has 8 nitrogen and oxygen atoms in total. The highest BCUT2D eigenvalue weighted by Crippen LogP contribution is 2.25. The number of hydrogen-bond donors (Lipinski definition) is 0. The zero-order valence-corrected chi connectivity index (χ0v) is 13.5. The minimum Gasteiger partial charge on any atom is -0.332 e. The summed E-state index contributed by atoms with van der Waals surface area (Å²) < 4.78 is 7.22. The van der Waals surface area contributed by atoms with Crippen molar-refractivity contribution in [2.24, 2.45) is 0 Å². The molecule has 0 saturated carbocycles. The number of rotatable bonds is 3. The summed E-state index contributed by atoms with van der Waals surface area (Å²) in [6, 6.07) is 6.05. The van der Waals surface area contributed by atoms with Crippen molar-refractivity contribution in [3.05, 3.63) is 36.3 Å². The number of benzene rings is 1. The van der Waals surface area contributed by atoms with Crippen LogP contribution in [0.15, 0.2) is 35.1 Å². The summed E-state index contributed by atoms with van der Waals surface area (Å²) in [6.07, 6.45) is 3.23. The summed E-state index contributed by atoms with van der Waals surface area (Å²) in [5, 5.41) is 12.4. The van der Waals surface area contributed by atoms with Gasteiger partial charge in [-0.15, -0.1) is 5.10 Å². The molecular weight excluding hydrogens is 306 g/mol. The lowest BCUT2D eigenvalue weighted by atomic mass is 10.2. The molecule has 4 aromatic rings. The monoisotopic (exact) mass is 321 g/mol. The molecule has 8 heteroatoms. The molecule has 0 aliphatic heterocycles. The first-order valence-corrected chi connectivity index (χ1v) is 7.60. The lowest BCUT2D eigenvalue weighted by molar-refractivity contribution is 0.430. The molecule has 4 rings (SSSR count). The van der Waals surface area contributed by atoms with Crippen molar-refractivity contribution >= 4 is 11.0 Å². The third kappa shape index (κ3) is 2.32. The first kappa shape index (κ1) is 14.4. The van der Waals surface area contributed by atoms with E-state index in [1.54, 1.807) is 12.4 Å². The molecule has 0 fully saturated rings. The summed E-state index contributed by atoms with van der Waals surface area (Å²) >= 11 is 0. The Morgan fingerprint density at radius 3 is 2.75 bits per heavy atom. The Kier molecular flexibility index (Phi) is 3.30. The number of aromatic nitrogens is 7. The molecule has 0 N–H and O–H groups in total. The first-order valence-electron chi connectivity index (χ1n) is 7.60. The molecule has 120 valence electrons. The maximum absolute atomic E-state index is 5.34. The van der Waals surface area contributed by atoms with Crippen molar-refractivity contribution in [2.45, 2.75) is 26.8 Å². The van der Waals surface area contributed by atoms with Crippen molar-refractivity contribution in [3.63, 3.8) is 0 Å². The van der Waals surface area contributed by atoms with E-state index in [9.17, 15) is 0 Å². The second kappa shape index (κ2) is 5.48. The SMILES string of the molecule is Cc1nccnc1-c1nc(-c2ccc3c(c2)nnn3C(C)C)no1. The van der Waals surface area contributed by atoms with E-state index >= 15 is 0 Å². The summed E-state index contributed by atoms with van der Waals surface area (Å²) in [4.78, 5) is 12.9. The maximum atomic E-state index is 5.34. The molecule has 24 heavy (non-hydrogen) atoms. The van der Waals surface area contributed by atoms with Gasteiger partial charge in [0.25, 0.3) is 5.89 Å². The van der Waals surface area contributed by atoms with Crippen LogP contribution in [-0.2, 0) is 0 Å². The Balaban J connectivity index is 1.75. The van der Waals surface area contributed by atoms with Gasteiger partial charge in [0, 0.05) is 24.0 Å². The van der Waals surface area contributed by atoms with Gasteiger partial charge >= 0.3 is 0 Å². The lowest BCUT2D eigenvalue weighted by Crippen LogP contribution is -2.02. The van der Waals surface area contributed by atoms with E-state index in [1.807, 2.05) is 29.8 Å². The Bertz CT molecular complexity index is 1020. The molecule has 0 spiro atoms. The van der Waals surface area contributed by atoms with Crippen LogP contribution in [0.3, 0.4) is 0 Å². The van der Waals surface area contributed by atoms with Gasteiger partial charge in [-0.3, -0.25) is 4.98 Å². The van der Waals surface area contributed by atoms with E-state index in [1.165, 1.54) is 0 Å². The fourth-order valence-corrected chi connectivity index (χ4v) is 2.52. The number of nitrogens with zero attached hydrogens (tertiary/aromatic N) is 7. The van der Waals surface area contributed by atoms with Crippen LogP contribution in [0, 0.1) is 6.92 Å². The summed E-state index contributed by atoms with van der Waals surface area (Å²) in [6.45, 7) is 5.98. The average Bonchev–Trinajstić information content (AvgIpc) is 3.21. The normalized spacial score (nSPS) is 11.5. The van der Waals surface area contributed by atoms with E-state index < -0.39 is 0 Å². The van der Waals surface area contributed by atoms with E-state index in [4.69, 9.17) is 4.52 Å². The van der Waals surface area contributed by atoms with Gasteiger partial charge in [-0.25, -0.2) is 9.67 Å².